The van der Waals surface area contributed by atoms with Crippen LogP contribution >= 0.6 is 0 Å². The summed E-state index contributed by atoms with van der Waals surface area (Å²) in [5.41, 5.74) is 6.48. The first-order valence-corrected chi connectivity index (χ1v) is 4.12. The third kappa shape index (κ3) is 2.29. The number of hydrogen-bond donors (Lipinski definition) is 1. The molecule has 92 valence electrons. The Hall–Kier alpha value is -1.86. The van der Waals surface area contributed by atoms with Crippen molar-refractivity contribution in [3.05, 3.63) is 45.1 Å². The lowest BCUT2D eigenvalue weighted by molar-refractivity contribution is 0.171. The van der Waals surface area contributed by atoms with Gasteiger partial charge >= 0.3 is 0 Å². The van der Waals surface area contributed by atoms with E-state index in [2.05, 4.69) is 10.0 Å². The first kappa shape index (κ1) is 13.2. The van der Waals surface area contributed by atoms with Crippen LogP contribution < -0.4 is 0 Å². The molecule has 0 aromatic heterocycles. The molecule has 0 amide bonds. The van der Waals surface area contributed by atoms with Gasteiger partial charge in [0, 0.05) is 4.91 Å². The second-order valence-corrected chi connectivity index (χ2v) is 2.91. The Labute approximate surface area is 90.9 Å². The fourth-order valence-corrected chi connectivity index (χ4v) is 1.12. The second-order valence-electron chi connectivity index (χ2n) is 2.91. The molecule has 0 aliphatic heterocycles. The molecule has 0 heterocycles. The zero-order valence-electron chi connectivity index (χ0n) is 7.96. The third-order valence-electron chi connectivity index (χ3n) is 1.89. The zero-order valence-corrected chi connectivity index (χ0v) is 7.96. The van der Waals surface area contributed by atoms with Crippen LogP contribution in [0.15, 0.2) is 5.11 Å². The van der Waals surface area contributed by atoms with Crippen molar-refractivity contribution in [2.24, 2.45) is 5.11 Å². The highest BCUT2D eigenvalue weighted by Gasteiger charge is 2.29. The molecule has 0 saturated carbocycles. The summed E-state index contributed by atoms with van der Waals surface area (Å²) in [6.45, 7) is -0.852. The van der Waals surface area contributed by atoms with Crippen molar-refractivity contribution in [2.75, 3.05) is 6.54 Å². The van der Waals surface area contributed by atoms with Crippen LogP contribution in [0.1, 0.15) is 11.7 Å². The molecule has 1 unspecified atom stereocenters. The predicted octanol–water partition coefficient (Wildman–Crippen LogP) is 2.73. The summed E-state index contributed by atoms with van der Waals surface area (Å²) in [6, 6.07) is 0. The van der Waals surface area contributed by atoms with Crippen LogP contribution in [-0.2, 0) is 0 Å². The molecule has 4 nitrogen and oxygen atoms in total. The number of nitrogens with zero attached hydrogens (tertiary/aromatic N) is 3. The van der Waals surface area contributed by atoms with Gasteiger partial charge in [-0.1, -0.05) is 5.11 Å². The molecule has 1 rings (SSSR count). The minimum absolute atomic E-state index is 0.852. The average Bonchev–Trinajstić information content (AvgIpc) is 2.31. The SMILES string of the molecule is [N-]=[N+]=NCC(O)c1c(F)c(F)c(F)c(F)c1F. The van der Waals surface area contributed by atoms with Crippen LogP contribution in [0.2, 0.25) is 0 Å². The topological polar surface area (TPSA) is 69.0 Å². The quantitative estimate of drug-likeness (QED) is 0.221. The van der Waals surface area contributed by atoms with E-state index in [-0.39, 0.29) is 0 Å². The highest BCUT2D eigenvalue weighted by molar-refractivity contribution is 5.26. The Morgan fingerprint density at radius 2 is 1.41 bits per heavy atom. The molecule has 1 atom stereocenters. The van der Waals surface area contributed by atoms with Gasteiger partial charge < -0.3 is 5.11 Å². The van der Waals surface area contributed by atoms with Crippen LogP contribution in [0.3, 0.4) is 0 Å². The normalized spacial score (nSPS) is 12.1. The minimum atomic E-state index is -2.32. The van der Waals surface area contributed by atoms with Crippen LogP contribution in [0.25, 0.3) is 10.4 Å². The van der Waals surface area contributed by atoms with Gasteiger partial charge in [-0.2, -0.15) is 0 Å². The Bertz CT molecular complexity index is 471. The van der Waals surface area contributed by atoms with E-state index in [0.29, 0.717) is 0 Å². The van der Waals surface area contributed by atoms with E-state index in [1.54, 1.807) is 0 Å². The van der Waals surface area contributed by atoms with Crippen LogP contribution in [0, 0.1) is 29.1 Å². The molecular formula is C8H4F5N3O. The van der Waals surface area contributed by atoms with Crippen molar-refractivity contribution in [1.29, 1.82) is 0 Å². The number of hydrogen-bond acceptors (Lipinski definition) is 2. The molecule has 1 N–H and O–H groups in total. The fraction of sp³-hybridized carbons (Fsp3) is 0.250. The highest BCUT2D eigenvalue weighted by Crippen LogP contribution is 2.27. The maximum Gasteiger partial charge on any atom is 0.200 e. The van der Waals surface area contributed by atoms with E-state index in [1.807, 2.05) is 0 Å². The predicted molar refractivity (Wildman–Crippen MR) is 45.2 cm³/mol. The Morgan fingerprint density at radius 3 is 1.82 bits per heavy atom. The molecule has 0 bridgehead atoms. The molecule has 0 aliphatic carbocycles. The molecule has 0 aliphatic rings. The molecule has 17 heavy (non-hydrogen) atoms. The summed E-state index contributed by atoms with van der Waals surface area (Å²) in [6.07, 6.45) is -2.12. The molecule has 0 radical (unpaired) electrons. The summed E-state index contributed by atoms with van der Waals surface area (Å²) in [4.78, 5) is 2.18. The van der Waals surface area contributed by atoms with Gasteiger partial charge in [0.25, 0.3) is 0 Å². The van der Waals surface area contributed by atoms with E-state index < -0.39 is 47.3 Å². The molecule has 0 saturated heterocycles. The lowest BCUT2D eigenvalue weighted by Gasteiger charge is -2.12. The van der Waals surface area contributed by atoms with Gasteiger partial charge in [-0.25, -0.2) is 22.0 Å². The molecule has 9 heteroatoms. The number of aliphatic hydroxyl groups excluding tert-OH is 1. The molecular weight excluding hydrogens is 249 g/mol. The van der Waals surface area contributed by atoms with Gasteiger partial charge in [0.15, 0.2) is 23.3 Å². The van der Waals surface area contributed by atoms with Gasteiger partial charge in [-0.3, -0.25) is 0 Å². The number of benzene rings is 1. The molecule has 0 fully saturated rings. The Balaban J connectivity index is 3.38. The standard InChI is InChI=1S/C8H4F5N3O/c9-4-3(2(17)1-15-16-14)5(10)7(12)8(13)6(4)11/h2,17H,1H2. The van der Waals surface area contributed by atoms with Crippen molar-refractivity contribution in [2.45, 2.75) is 6.10 Å². The number of azide groups is 1. The third-order valence-corrected chi connectivity index (χ3v) is 1.89. The summed E-state index contributed by atoms with van der Waals surface area (Å²) >= 11 is 0. The maximum absolute atomic E-state index is 13.1. The van der Waals surface area contributed by atoms with Crippen molar-refractivity contribution in [3.8, 4) is 0 Å². The van der Waals surface area contributed by atoms with Gasteiger partial charge in [0.1, 0.15) is 0 Å². The zero-order chi connectivity index (χ0) is 13.2. The lowest BCUT2D eigenvalue weighted by atomic mass is 10.1. The van der Waals surface area contributed by atoms with Gasteiger partial charge in [0.05, 0.1) is 18.2 Å². The van der Waals surface area contributed by atoms with Crippen molar-refractivity contribution >= 4 is 0 Å². The Kier molecular flexibility index (Phi) is 3.87. The summed E-state index contributed by atoms with van der Waals surface area (Å²) < 4.78 is 64.2. The molecule has 1 aromatic carbocycles. The monoisotopic (exact) mass is 253 g/mol. The summed E-state index contributed by atoms with van der Waals surface area (Å²) in [5.74, 6) is -11.0. The van der Waals surface area contributed by atoms with Crippen molar-refractivity contribution < 1.29 is 27.1 Å². The lowest BCUT2D eigenvalue weighted by Crippen LogP contribution is -2.13. The van der Waals surface area contributed by atoms with Gasteiger partial charge in [0.2, 0.25) is 5.82 Å². The van der Waals surface area contributed by atoms with Crippen LogP contribution in [0.4, 0.5) is 22.0 Å². The van der Waals surface area contributed by atoms with E-state index in [4.69, 9.17) is 10.6 Å². The molecule has 0 spiro atoms. The smallest absolute Gasteiger partial charge is 0.200 e. The average molecular weight is 253 g/mol. The second kappa shape index (κ2) is 4.98. The van der Waals surface area contributed by atoms with E-state index in [0.717, 1.165) is 0 Å². The van der Waals surface area contributed by atoms with Crippen molar-refractivity contribution in [1.82, 2.24) is 0 Å². The van der Waals surface area contributed by atoms with Crippen LogP contribution in [-0.4, -0.2) is 11.7 Å². The number of rotatable bonds is 3. The number of aliphatic hydroxyl groups is 1. The largest absolute Gasteiger partial charge is 0.388 e. The number of halogens is 5. The van der Waals surface area contributed by atoms with E-state index >= 15 is 0 Å². The van der Waals surface area contributed by atoms with E-state index in [9.17, 15) is 22.0 Å². The summed E-state index contributed by atoms with van der Waals surface area (Å²) in [7, 11) is 0. The van der Waals surface area contributed by atoms with Gasteiger partial charge in [-0.15, -0.1) is 0 Å². The maximum atomic E-state index is 13.1. The van der Waals surface area contributed by atoms with Crippen molar-refractivity contribution in [3.63, 3.8) is 0 Å². The fourth-order valence-electron chi connectivity index (χ4n) is 1.12. The molecule has 1 aromatic rings. The first-order chi connectivity index (χ1) is 7.91. The summed E-state index contributed by atoms with van der Waals surface area (Å²) in [5, 5.41) is 11.9. The minimum Gasteiger partial charge on any atom is -0.388 e. The van der Waals surface area contributed by atoms with Gasteiger partial charge in [-0.05, 0) is 5.53 Å². The first-order valence-electron chi connectivity index (χ1n) is 4.12. The Morgan fingerprint density at radius 1 is 1.00 bits per heavy atom. The van der Waals surface area contributed by atoms with Crippen LogP contribution in [0.5, 0.6) is 0 Å². The highest BCUT2D eigenvalue weighted by atomic mass is 19.2. The van der Waals surface area contributed by atoms with E-state index in [1.165, 1.54) is 0 Å².